The molecule has 0 bridgehead atoms. The third-order valence-electron chi connectivity index (χ3n) is 3.74. The highest BCUT2D eigenvalue weighted by Crippen LogP contribution is 2.44. The fourth-order valence-corrected chi connectivity index (χ4v) is 3.84. The largest absolute Gasteiger partial charge is 0.289 e. The van der Waals surface area contributed by atoms with Crippen LogP contribution in [0.25, 0.3) is 27.3 Å². The molecule has 8 heteroatoms. The van der Waals surface area contributed by atoms with Crippen LogP contribution in [0.4, 0.5) is 0 Å². The van der Waals surface area contributed by atoms with Crippen molar-refractivity contribution < 1.29 is 0 Å². The molecule has 0 atom stereocenters. The van der Waals surface area contributed by atoms with E-state index in [1.54, 1.807) is 0 Å². The SMILES string of the molecule is O=c1cc(-c2ccccc2)nc2c(-c3cccs3)c(C(Cl)(Cl)Cl)[nH]n12. The lowest BCUT2D eigenvalue weighted by atomic mass is 10.1. The average Bonchev–Trinajstić information content (AvgIpc) is 3.22. The van der Waals surface area contributed by atoms with Gasteiger partial charge in [-0.05, 0) is 11.4 Å². The topological polar surface area (TPSA) is 50.2 Å². The zero-order valence-corrected chi connectivity index (χ0v) is 15.6. The summed E-state index contributed by atoms with van der Waals surface area (Å²) in [6, 6.07) is 14.7. The van der Waals surface area contributed by atoms with E-state index in [0.29, 0.717) is 22.6 Å². The van der Waals surface area contributed by atoms with Crippen LogP contribution in [-0.4, -0.2) is 14.6 Å². The van der Waals surface area contributed by atoms with E-state index >= 15 is 0 Å². The Hall–Kier alpha value is -1.79. The first-order chi connectivity index (χ1) is 11.9. The molecule has 0 aliphatic carbocycles. The number of halogens is 3. The first-order valence-corrected chi connectivity index (χ1v) is 9.29. The molecule has 3 aromatic heterocycles. The van der Waals surface area contributed by atoms with Gasteiger partial charge in [-0.1, -0.05) is 71.2 Å². The van der Waals surface area contributed by atoms with Gasteiger partial charge in [0.2, 0.25) is 3.79 Å². The van der Waals surface area contributed by atoms with E-state index in [9.17, 15) is 4.79 Å². The minimum Gasteiger partial charge on any atom is -0.289 e. The van der Waals surface area contributed by atoms with Crippen LogP contribution in [0, 0.1) is 0 Å². The number of benzene rings is 1. The molecule has 0 spiro atoms. The van der Waals surface area contributed by atoms with E-state index in [-0.39, 0.29) is 5.56 Å². The molecule has 0 amide bonds. The van der Waals surface area contributed by atoms with Crippen molar-refractivity contribution in [2.75, 3.05) is 0 Å². The summed E-state index contributed by atoms with van der Waals surface area (Å²) in [5, 5.41) is 4.81. The van der Waals surface area contributed by atoms with Crippen LogP contribution in [0.15, 0.2) is 58.7 Å². The summed E-state index contributed by atoms with van der Waals surface area (Å²) in [5.74, 6) is 0. The Bertz CT molecular complexity index is 1100. The highest BCUT2D eigenvalue weighted by atomic mass is 35.6. The van der Waals surface area contributed by atoms with Crippen molar-refractivity contribution in [1.82, 2.24) is 14.6 Å². The van der Waals surface area contributed by atoms with E-state index in [2.05, 4.69) is 10.1 Å². The number of alkyl halides is 3. The highest BCUT2D eigenvalue weighted by molar-refractivity contribution is 7.13. The molecule has 0 saturated carbocycles. The molecule has 4 nitrogen and oxygen atoms in total. The zero-order valence-electron chi connectivity index (χ0n) is 12.5. The van der Waals surface area contributed by atoms with Gasteiger partial charge in [-0.15, -0.1) is 11.3 Å². The van der Waals surface area contributed by atoms with Crippen molar-refractivity contribution >= 4 is 51.8 Å². The number of hydrogen-bond acceptors (Lipinski definition) is 3. The number of aromatic amines is 1. The number of hydrogen-bond donors (Lipinski definition) is 1. The summed E-state index contributed by atoms with van der Waals surface area (Å²) < 4.78 is -0.412. The summed E-state index contributed by atoms with van der Waals surface area (Å²) in [6.07, 6.45) is 0. The number of thiophene rings is 1. The second-order valence-electron chi connectivity index (χ2n) is 5.34. The van der Waals surface area contributed by atoms with Gasteiger partial charge in [0.1, 0.15) is 0 Å². The Morgan fingerprint density at radius 3 is 2.48 bits per heavy atom. The fourth-order valence-electron chi connectivity index (χ4n) is 2.65. The molecule has 1 N–H and O–H groups in total. The number of fused-ring (bicyclic) bond motifs is 1. The lowest BCUT2D eigenvalue weighted by Crippen LogP contribution is -2.15. The van der Waals surface area contributed by atoms with Gasteiger partial charge in [0.15, 0.2) is 5.65 Å². The van der Waals surface area contributed by atoms with Crippen molar-refractivity contribution in [3.05, 3.63) is 70.0 Å². The van der Waals surface area contributed by atoms with Gasteiger partial charge in [-0.3, -0.25) is 9.89 Å². The van der Waals surface area contributed by atoms with Crippen molar-refractivity contribution in [1.29, 1.82) is 0 Å². The van der Waals surface area contributed by atoms with Crippen LogP contribution >= 0.6 is 46.1 Å². The molecule has 126 valence electrons. The van der Waals surface area contributed by atoms with Gasteiger partial charge in [-0.25, -0.2) is 9.50 Å². The van der Waals surface area contributed by atoms with Crippen LogP contribution in [0.5, 0.6) is 0 Å². The quantitative estimate of drug-likeness (QED) is 0.459. The predicted molar refractivity (Wildman–Crippen MR) is 104 cm³/mol. The van der Waals surface area contributed by atoms with E-state index in [1.165, 1.54) is 21.9 Å². The highest BCUT2D eigenvalue weighted by Gasteiger charge is 2.32. The van der Waals surface area contributed by atoms with Crippen LogP contribution in [0.1, 0.15) is 5.69 Å². The van der Waals surface area contributed by atoms with Crippen molar-refractivity contribution in [2.24, 2.45) is 0 Å². The molecule has 0 radical (unpaired) electrons. The summed E-state index contributed by atoms with van der Waals surface area (Å²) in [7, 11) is 0. The van der Waals surface area contributed by atoms with Crippen molar-refractivity contribution in [3.63, 3.8) is 0 Å². The third-order valence-corrected chi connectivity index (χ3v) is 5.19. The molecule has 0 saturated heterocycles. The van der Waals surface area contributed by atoms with Crippen LogP contribution < -0.4 is 5.56 Å². The van der Waals surface area contributed by atoms with E-state index in [0.717, 1.165) is 10.4 Å². The maximum atomic E-state index is 12.6. The number of nitrogens with zero attached hydrogens (tertiary/aromatic N) is 2. The van der Waals surface area contributed by atoms with Gasteiger partial charge in [0, 0.05) is 16.5 Å². The van der Waals surface area contributed by atoms with Gasteiger partial charge in [0.05, 0.1) is 17.0 Å². The van der Waals surface area contributed by atoms with E-state index < -0.39 is 3.79 Å². The molecular weight excluding hydrogens is 401 g/mol. The number of H-pyrrole nitrogens is 1. The van der Waals surface area contributed by atoms with E-state index in [1.807, 2.05) is 47.8 Å². The predicted octanol–water partition coefficient (Wildman–Crippen LogP) is 5.24. The van der Waals surface area contributed by atoms with Gasteiger partial charge < -0.3 is 0 Å². The second kappa shape index (κ2) is 6.18. The molecule has 3 heterocycles. The van der Waals surface area contributed by atoms with Crippen LogP contribution in [0.3, 0.4) is 0 Å². The lowest BCUT2D eigenvalue weighted by Gasteiger charge is -2.10. The molecule has 1 aromatic carbocycles. The number of nitrogens with one attached hydrogen (secondary N) is 1. The molecule has 0 fully saturated rings. The first kappa shape index (κ1) is 16.7. The fraction of sp³-hybridized carbons (Fsp3) is 0.0588. The lowest BCUT2D eigenvalue weighted by molar-refractivity contribution is 0.865. The molecule has 4 rings (SSSR count). The molecule has 0 unspecified atom stereocenters. The Morgan fingerprint density at radius 1 is 1.08 bits per heavy atom. The third kappa shape index (κ3) is 2.98. The number of aromatic nitrogens is 3. The molecule has 25 heavy (non-hydrogen) atoms. The number of rotatable bonds is 2. The monoisotopic (exact) mass is 409 g/mol. The Morgan fingerprint density at radius 2 is 1.84 bits per heavy atom. The Kier molecular flexibility index (Phi) is 4.12. The molecule has 4 aromatic rings. The van der Waals surface area contributed by atoms with Gasteiger partial charge >= 0.3 is 0 Å². The summed E-state index contributed by atoms with van der Waals surface area (Å²) in [4.78, 5) is 18.1. The normalized spacial score (nSPS) is 12.0. The molecule has 0 aliphatic heterocycles. The Balaban J connectivity index is 2.08. The first-order valence-electron chi connectivity index (χ1n) is 7.27. The summed E-state index contributed by atoms with van der Waals surface area (Å²) in [6.45, 7) is 0. The standard InChI is InChI=1S/C17H10Cl3N3OS/c18-17(19,20)15-14(12-7-4-8-25-12)16-21-11(9-13(24)23(16)22-15)10-5-2-1-3-6-10/h1-9,22H. The Labute approximate surface area is 161 Å². The zero-order chi connectivity index (χ0) is 17.6. The second-order valence-corrected chi connectivity index (χ2v) is 8.57. The maximum Gasteiger partial charge on any atom is 0.273 e. The van der Waals surface area contributed by atoms with Crippen LogP contribution in [0.2, 0.25) is 0 Å². The molecule has 0 aliphatic rings. The minimum atomic E-state index is -1.72. The minimum absolute atomic E-state index is 0.276. The van der Waals surface area contributed by atoms with Gasteiger partial charge in [-0.2, -0.15) is 0 Å². The smallest absolute Gasteiger partial charge is 0.273 e. The van der Waals surface area contributed by atoms with Crippen LogP contribution in [-0.2, 0) is 3.79 Å². The van der Waals surface area contributed by atoms with Gasteiger partial charge in [0.25, 0.3) is 5.56 Å². The average molecular weight is 411 g/mol. The maximum absolute atomic E-state index is 12.6. The summed E-state index contributed by atoms with van der Waals surface area (Å²) in [5.41, 5.74) is 2.49. The van der Waals surface area contributed by atoms with Crippen molar-refractivity contribution in [2.45, 2.75) is 3.79 Å². The van der Waals surface area contributed by atoms with Crippen molar-refractivity contribution in [3.8, 4) is 21.7 Å². The molecular formula is C17H10Cl3N3OS. The summed E-state index contributed by atoms with van der Waals surface area (Å²) >= 11 is 19.8. The van der Waals surface area contributed by atoms with E-state index in [4.69, 9.17) is 34.8 Å².